The predicted octanol–water partition coefficient (Wildman–Crippen LogP) is 5.18. The van der Waals surface area contributed by atoms with Crippen molar-refractivity contribution in [1.82, 2.24) is 0 Å². The standard InChI is InChI=1S/C17H18BrN/c1-17(2)11-12-5-3-4-6-15(12)16(17)19-14-9-7-13(18)8-10-14/h3-10,16,19H,11H2,1-2H3. The van der Waals surface area contributed by atoms with Crippen molar-refractivity contribution < 1.29 is 0 Å². The third-order valence-electron chi connectivity index (χ3n) is 3.95. The molecule has 0 radical (unpaired) electrons. The fourth-order valence-corrected chi connectivity index (χ4v) is 3.24. The number of nitrogens with one attached hydrogen (secondary N) is 1. The van der Waals surface area contributed by atoms with E-state index in [0.29, 0.717) is 6.04 Å². The molecule has 0 heterocycles. The van der Waals surface area contributed by atoms with Gasteiger partial charge in [-0.1, -0.05) is 54.0 Å². The molecule has 0 saturated heterocycles. The molecule has 1 atom stereocenters. The first-order chi connectivity index (χ1) is 9.06. The van der Waals surface area contributed by atoms with Crippen LogP contribution in [-0.4, -0.2) is 0 Å². The molecule has 19 heavy (non-hydrogen) atoms. The Morgan fingerprint density at radius 1 is 1.05 bits per heavy atom. The quantitative estimate of drug-likeness (QED) is 0.804. The minimum atomic E-state index is 0.247. The van der Waals surface area contributed by atoms with Gasteiger partial charge in [-0.3, -0.25) is 0 Å². The first-order valence-corrected chi connectivity index (χ1v) is 7.45. The molecule has 1 N–H and O–H groups in total. The summed E-state index contributed by atoms with van der Waals surface area (Å²) >= 11 is 3.48. The van der Waals surface area contributed by atoms with E-state index in [-0.39, 0.29) is 5.41 Å². The number of rotatable bonds is 2. The number of hydrogen-bond donors (Lipinski definition) is 1. The first kappa shape index (κ1) is 12.7. The molecule has 0 aromatic heterocycles. The summed E-state index contributed by atoms with van der Waals surface area (Å²) in [6.45, 7) is 4.67. The highest BCUT2D eigenvalue weighted by atomic mass is 79.9. The van der Waals surface area contributed by atoms with E-state index in [2.05, 4.69) is 83.6 Å². The van der Waals surface area contributed by atoms with Gasteiger partial charge in [0.25, 0.3) is 0 Å². The SMILES string of the molecule is CC1(C)Cc2ccccc2C1Nc1ccc(Br)cc1. The maximum atomic E-state index is 3.69. The zero-order chi connectivity index (χ0) is 13.5. The molecule has 2 aromatic carbocycles. The van der Waals surface area contributed by atoms with Crippen molar-refractivity contribution >= 4 is 21.6 Å². The molecule has 1 nitrogen and oxygen atoms in total. The maximum absolute atomic E-state index is 3.69. The highest BCUT2D eigenvalue weighted by Gasteiger charge is 2.38. The lowest BCUT2D eigenvalue weighted by molar-refractivity contribution is 0.337. The largest absolute Gasteiger partial charge is 0.378 e. The number of hydrogen-bond acceptors (Lipinski definition) is 1. The summed E-state index contributed by atoms with van der Waals surface area (Å²) in [5, 5.41) is 3.69. The molecule has 0 aliphatic heterocycles. The van der Waals surface area contributed by atoms with Gasteiger partial charge in [-0.05, 0) is 47.2 Å². The van der Waals surface area contributed by atoms with Crippen LogP contribution in [0.2, 0.25) is 0 Å². The van der Waals surface area contributed by atoms with Crippen LogP contribution in [-0.2, 0) is 6.42 Å². The summed E-state index contributed by atoms with van der Waals surface area (Å²) in [7, 11) is 0. The second-order valence-corrected chi connectivity index (χ2v) is 6.86. The Balaban J connectivity index is 1.93. The van der Waals surface area contributed by atoms with E-state index in [9.17, 15) is 0 Å². The van der Waals surface area contributed by atoms with E-state index in [1.54, 1.807) is 0 Å². The zero-order valence-corrected chi connectivity index (χ0v) is 12.9. The Morgan fingerprint density at radius 3 is 2.47 bits per heavy atom. The van der Waals surface area contributed by atoms with Crippen molar-refractivity contribution in [3.8, 4) is 0 Å². The average Bonchev–Trinajstić information content (AvgIpc) is 2.63. The van der Waals surface area contributed by atoms with Gasteiger partial charge in [-0.15, -0.1) is 0 Å². The number of benzene rings is 2. The van der Waals surface area contributed by atoms with Crippen LogP contribution in [0.15, 0.2) is 53.0 Å². The molecule has 1 aliphatic carbocycles. The lowest BCUT2D eigenvalue weighted by Gasteiger charge is -2.29. The smallest absolute Gasteiger partial charge is 0.0570 e. The summed E-state index contributed by atoms with van der Waals surface area (Å²) < 4.78 is 1.11. The summed E-state index contributed by atoms with van der Waals surface area (Å²) in [4.78, 5) is 0. The van der Waals surface area contributed by atoms with Gasteiger partial charge in [-0.2, -0.15) is 0 Å². The van der Waals surface area contributed by atoms with Crippen molar-refractivity contribution in [2.24, 2.45) is 5.41 Å². The third-order valence-corrected chi connectivity index (χ3v) is 4.48. The van der Waals surface area contributed by atoms with Gasteiger partial charge in [0.15, 0.2) is 0 Å². The van der Waals surface area contributed by atoms with Gasteiger partial charge >= 0.3 is 0 Å². The van der Waals surface area contributed by atoms with E-state index in [1.807, 2.05) is 0 Å². The summed E-state index contributed by atoms with van der Waals surface area (Å²) in [6, 6.07) is 17.6. The Kier molecular flexibility index (Phi) is 3.14. The second kappa shape index (κ2) is 4.68. The average molecular weight is 316 g/mol. The normalized spacial score (nSPS) is 20.1. The van der Waals surface area contributed by atoms with Crippen LogP contribution in [0.25, 0.3) is 0 Å². The molecule has 1 aliphatic rings. The van der Waals surface area contributed by atoms with Gasteiger partial charge in [-0.25, -0.2) is 0 Å². The molecule has 0 fully saturated rings. The van der Waals surface area contributed by atoms with Crippen molar-refractivity contribution in [2.45, 2.75) is 26.3 Å². The van der Waals surface area contributed by atoms with Crippen LogP contribution >= 0.6 is 15.9 Å². The number of halogens is 1. The van der Waals surface area contributed by atoms with Crippen LogP contribution < -0.4 is 5.32 Å². The van der Waals surface area contributed by atoms with Gasteiger partial charge in [0.2, 0.25) is 0 Å². The summed E-state index contributed by atoms with van der Waals surface area (Å²) in [5.74, 6) is 0. The van der Waals surface area contributed by atoms with E-state index in [4.69, 9.17) is 0 Å². The van der Waals surface area contributed by atoms with Crippen molar-refractivity contribution in [3.05, 3.63) is 64.1 Å². The highest BCUT2D eigenvalue weighted by Crippen LogP contribution is 2.46. The molecular weight excluding hydrogens is 298 g/mol. The zero-order valence-electron chi connectivity index (χ0n) is 11.3. The Bertz CT molecular complexity index is 586. The van der Waals surface area contributed by atoms with E-state index in [0.717, 1.165) is 10.9 Å². The fraction of sp³-hybridized carbons (Fsp3) is 0.294. The second-order valence-electron chi connectivity index (χ2n) is 5.95. The monoisotopic (exact) mass is 315 g/mol. The van der Waals surface area contributed by atoms with Gasteiger partial charge in [0.1, 0.15) is 0 Å². The van der Waals surface area contributed by atoms with Gasteiger partial charge < -0.3 is 5.32 Å². The molecular formula is C17H18BrN. The maximum Gasteiger partial charge on any atom is 0.0570 e. The lowest BCUT2D eigenvalue weighted by Crippen LogP contribution is -2.24. The van der Waals surface area contributed by atoms with Crippen molar-refractivity contribution in [2.75, 3.05) is 5.32 Å². The van der Waals surface area contributed by atoms with Gasteiger partial charge in [0.05, 0.1) is 6.04 Å². The number of fused-ring (bicyclic) bond motifs is 1. The topological polar surface area (TPSA) is 12.0 Å². The molecule has 3 rings (SSSR count). The van der Waals surface area contributed by atoms with Crippen molar-refractivity contribution in [3.63, 3.8) is 0 Å². The molecule has 98 valence electrons. The molecule has 2 heteroatoms. The minimum Gasteiger partial charge on any atom is -0.378 e. The summed E-state index contributed by atoms with van der Waals surface area (Å²) in [5.41, 5.74) is 4.34. The van der Waals surface area contributed by atoms with E-state index in [1.165, 1.54) is 16.8 Å². The predicted molar refractivity (Wildman–Crippen MR) is 84.4 cm³/mol. The Hall–Kier alpha value is -1.28. The first-order valence-electron chi connectivity index (χ1n) is 6.66. The lowest BCUT2D eigenvalue weighted by atomic mass is 9.85. The van der Waals surface area contributed by atoms with Crippen LogP contribution in [0.5, 0.6) is 0 Å². The molecule has 2 aromatic rings. The van der Waals surface area contributed by atoms with Crippen LogP contribution in [0.3, 0.4) is 0 Å². The van der Waals surface area contributed by atoms with E-state index >= 15 is 0 Å². The minimum absolute atomic E-state index is 0.247. The molecule has 0 amide bonds. The third kappa shape index (κ3) is 2.42. The Morgan fingerprint density at radius 2 is 1.74 bits per heavy atom. The van der Waals surface area contributed by atoms with E-state index < -0.39 is 0 Å². The summed E-state index contributed by atoms with van der Waals surface area (Å²) in [6.07, 6.45) is 1.14. The van der Waals surface area contributed by atoms with Gasteiger partial charge in [0, 0.05) is 10.2 Å². The fourth-order valence-electron chi connectivity index (χ4n) is 2.98. The molecule has 0 saturated carbocycles. The molecule has 0 bridgehead atoms. The van der Waals surface area contributed by atoms with Crippen molar-refractivity contribution in [1.29, 1.82) is 0 Å². The van der Waals surface area contributed by atoms with Crippen LogP contribution in [0.1, 0.15) is 31.0 Å². The molecule has 0 spiro atoms. The molecule has 1 unspecified atom stereocenters. The Labute approximate surface area is 123 Å². The number of anilines is 1. The van der Waals surface area contributed by atoms with Crippen LogP contribution in [0, 0.1) is 5.41 Å². The highest BCUT2D eigenvalue weighted by molar-refractivity contribution is 9.10. The van der Waals surface area contributed by atoms with Crippen LogP contribution in [0.4, 0.5) is 5.69 Å².